The first kappa shape index (κ1) is 27.1. The third-order valence-electron chi connectivity index (χ3n) is 6.73. The largest absolute Gasteiger partial charge is 0.444 e. The van der Waals surface area contributed by atoms with Gasteiger partial charge in [-0.1, -0.05) is 17.7 Å². The molecule has 0 fully saturated rings. The van der Waals surface area contributed by atoms with Crippen LogP contribution in [-0.4, -0.2) is 47.9 Å². The van der Waals surface area contributed by atoms with Gasteiger partial charge in [0.05, 0.1) is 12.1 Å². The van der Waals surface area contributed by atoms with Gasteiger partial charge in [-0.15, -0.1) is 0 Å². The molecule has 0 unspecified atom stereocenters. The lowest BCUT2D eigenvalue weighted by molar-refractivity contribution is -0.117. The minimum atomic E-state index is -0.635. The standard InChI is InChI=1S/C29H34ClFN2O4/c1-29(2,3)37-28(36)32(14-11-19-9-10-23(31)18-24(19)30)12-5-4-8-25(34)21-15-20-7-6-13-33-26(35)17-22(16-21)27(20)33/h9-10,15-16,18H,4-8,11-14,17H2,1-3H3. The number of amides is 2. The fourth-order valence-corrected chi connectivity index (χ4v) is 5.24. The van der Waals surface area contributed by atoms with Gasteiger partial charge in [-0.05, 0) is 93.8 Å². The summed E-state index contributed by atoms with van der Waals surface area (Å²) in [7, 11) is 0. The Morgan fingerprint density at radius 2 is 1.86 bits per heavy atom. The van der Waals surface area contributed by atoms with E-state index in [0.717, 1.165) is 41.8 Å². The van der Waals surface area contributed by atoms with Crippen LogP contribution in [0, 0.1) is 5.82 Å². The van der Waals surface area contributed by atoms with Gasteiger partial charge in [0.2, 0.25) is 5.91 Å². The van der Waals surface area contributed by atoms with Crippen molar-refractivity contribution in [1.82, 2.24) is 4.90 Å². The summed E-state index contributed by atoms with van der Waals surface area (Å²) in [6.45, 7) is 7.00. The molecule has 4 rings (SSSR count). The number of benzene rings is 2. The first-order chi connectivity index (χ1) is 17.5. The molecule has 37 heavy (non-hydrogen) atoms. The Morgan fingerprint density at radius 1 is 1.11 bits per heavy atom. The number of nitrogens with zero attached hydrogens (tertiary/aromatic N) is 2. The zero-order valence-electron chi connectivity index (χ0n) is 21.7. The van der Waals surface area contributed by atoms with Crippen LogP contribution in [0.2, 0.25) is 5.02 Å². The normalized spacial score (nSPS) is 14.5. The van der Waals surface area contributed by atoms with E-state index in [-0.39, 0.29) is 11.7 Å². The molecular weight excluding hydrogens is 495 g/mol. The van der Waals surface area contributed by atoms with Crippen LogP contribution in [0.5, 0.6) is 0 Å². The molecule has 0 aromatic heterocycles. The maximum Gasteiger partial charge on any atom is 0.410 e. The Bertz CT molecular complexity index is 1210. The number of aryl methyl sites for hydroxylation is 1. The van der Waals surface area contributed by atoms with E-state index in [2.05, 4.69) is 0 Å². The van der Waals surface area contributed by atoms with Crippen molar-refractivity contribution in [3.8, 4) is 0 Å². The van der Waals surface area contributed by atoms with Crippen LogP contribution in [0.4, 0.5) is 14.9 Å². The molecule has 0 saturated carbocycles. The van der Waals surface area contributed by atoms with Gasteiger partial charge >= 0.3 is 6.09 Å². The highest BCUT2D eigenvalue weighted by molar-refractivity contribution is 6.31. The van der Waals surface area contributed by atoms with Crippen LogP contribution < -0.4 is 4.90 Å². The average Bonchev–Trinajstić information content (AvgIpc) is 3.14. The summed E-state index contributed by atoms with van der Waals surface area (Å²) in [6, 6.07) is 8.07. The molecule has 198 valence electrons. The first-order valence-electron chi connectivity index (χ1n) is 12.9. The van der Waals surface area contributed by atoms with Crippen molar-refractivity contribution in [2.24, 2.45) is 0 Å². The third-order valence-corrected chi connectivity index (χ3v) is 7.08. The van der Waals surface area contributed by atoms with Gasteiger partial charge in [-0.25, -0.2) is 9.18 Å². The van der Waals surface area contributed by atoms with E-state index in [9.17, 15) is 18.8 Å². The molecule has 2 heterocycles. The molecule has 6 nitrogen and oxygen atoms in total. The quantitative estimate of drug-likeness (QED) is 0.289. The molecule has 0 bridgehead atoms. The monoisotopic (exact) mass is 528 g/mol. The van der Waals surface area contributed by atoms with Crippen molar-refractivity contribution in [2.45, 2.75) is 71.3 Å². The van der Waals surface area contributed by atoms with Crippen LogP contribution in [0.15, 0.2) is 30.3 Å². The number of carbonyl (C=O) groups is 3. The molecule has 0 saturated heterocycles. The molecule has 2 aromatic carbocycles. The van der Waals surface area contributed by atoms with Crippen LogP contribution in [0.3, 0.4) is 0 Å². The summed E-state index contributed by atoms with van der Waals surface area (Å²) < 4.78 is 19.0. The van der Waals surface area contributed by atoms with Crippen molar-refractivity contribution < 1.29 is 23.5 Å². The van der Waals surface area contributed by atoms with Crippen molar-refractivity contribution in [1.29, 1.82) is 0 Å². The van der Waals surface area contributed by atoms with Gasteiger partial charge in [-0.3, -0.25) is 9.59 Å². The molecular formula is C29H34ClFN2O4. The lowest BCUT2D eigenvalue weighted by Gasteiger charge is -2.27. The zero-order valence-corrected chi connectivity index (χ0v) is 22.5. The van der Waals surface area contributed by atoms with E-state index in [1.54, 1.807) is 11.0 Å². The number of halogens is 2. The molecule has 0 radical (unpaired) electrons. The number of ether oxygens (including phenoxy) is 1. The smallest absolute Gasteiger partial charge is 0.410 e. The van der Waals surface area contributed by atoms with Gasteiger partial charge in [-0.2, -0.15) is 0 Å². The second kappa shape index (κ2) is 11.2. The molecule has 0 aliphatic carbocycles. The maximum absolute atomic E-state index is 13.4. The number of ketones is 1. The minimum absolute atomic E-state index is 0.0532. The van der Waals surface area contributed by atoms with Crippen molar-refractivity contribution in [2.75, 3.05) is 24.5 Å². The predicted molar refractivity (Wildman–Crippen MR) is 142 cm³/mol. The fraction of sp³-hybridized carbons (Fsp3) is 0.483. The van der Waals surface area contributed by atoms with E-state index < -0.39 is 17.5 Å². The average molecular weight is 529 g/mol. The third kappa shape index (κ3) is 6.69. The number of hydrogen-bond acceptors (Lipinski definition) is 4. The van der Waals surface area contributed by atoms with E-state index in [1.165, 1.54) is 12.1 Å². The number of unbranched alkanes of at least 4 members (excludes halogenated alkanes) is 1. The Hall–Kier alpha value is -2.93. The number of rotatable bonds is 9. The summed E-state index contributed by atoms with van der Waals surface area (Å²) in [4.78, 5) is 41.6. The summed E-state index contributed by atoms with van der Waals surface area (Å²) >= 11 is 6.16. The molecule has 2 aromatic rings. The molecule has 0 spiro atoms. The van der Waals surface area contributed by atoms with Gasteiger partial charge in [0.15, 0.2) is 5.78 Å². The van der Waals surface area contributed by atoms with E-state index in [4.69, 9.17) is 16.3 Å². The number of Topliss-reactive ketones (excluding diaryl/α,β-unsaturated/α-hetero) is 1. The highest BCUT2D eigenvalue weighted by atomic mass is 35.5. The van der Waals surface area contributed by atoms with Gasteiger partial charge in [0, 0.05) is 36.6 Å². The Balaban J connectivity index is 1.34. The van der Waals surface area contributed by atoms with Crippen LogP contribution in [0.25, 0.3) is 0 Å². The fourth-order valence-electron chi connectivity index (χ4n) is 4.97. The molecule has 2 aliphatic heterocycles. The van der Waals surface area contributed by atoms with E-state index >= 15 is 0 Å². The SMILES string of the molecule is CC(C)(C)OC(=O)N(CCCCC(=O)c1cc2c3c(c1)CC(=O)N3CCC2)CCc1ccc(F)cc1Cl. The topological polar surface area (TPSA) is 66.9 Å². The van der Waals surface area contributed by atoms with Crippen LogP contribution >= 0.6 is 11.6 Å². The minimum Gasteiger partial charge on any atom is -0.444 e. The van der Waals surface area contributed by atoms with E-state index in [0.29, 0.717) is 55.8 Å². The summed E-state index contributed by atoms with van der Waals surface area (Å²) in [5.74, 6) is -0.235. The van der Waals surface area contributed by atoms with E-state index in [1.807, 2.05) is 37.8 Å². The van der Waals surface area contributed by atoms with Crippen molar-refractivity contribution in [3.05, 3.63) is 63.4 Å². The number of anilines is 1. The summed E-state index contributed by atoms with van der Waals surface area (Å²) in [5, 5.41) is 0.327. The number of hydrogen-bond donors (Lipinski definition) is 0. The molecule has 0 N–H and O–H groups in total. The first-order valence-corrected chi connectivity index (χ1v) is 13.3. The predicted octanol–water partition coefficient (Wildman–Crippen LogP) is 6.15. The highest BCUT2D eigenvalue weighted by Gasteiger charge is 2.33. The van der Waals surface area contributed by atoms with Crippen LogP contribution in [-0.2, 0) is 28.8 Å². The maximum atomic E-state index is 13.4. The Labute approximate surface area is 222 Å². The zero-order chi connectivity index (χ0) is 26.7. The second-order valence-corrected chi connectivity index (χ2v) is 11.2. The summed E-state index contributed by atoms with van der Waals surface area (Å²) in [6.07, 6.45) is 3.82. The van der Waals surface area contributed by atoms with Gasteiger partial charge < -0.3 is 14.5 Å². The second-order valence-electron chi connectivity index (χ2n) is 10.8. The molecule has 2 amide bonds. The highest BCUT2D eigenvalue weighted by Crippen LogP contribution is 2.37. The molecule has 8 heteroatoms. The lowest BCUT2D eigenvalue weighted by atomic mass is 9.94. The van der Waals surface area contributed by atoms with Crippen molar-refractivity contribution in [3.63, 3.8) is 0 Å². The molecule has 2 aliphatic rings. The molecule has 0 atom stereocenters. The van der Waals surface area contributed by atoms with Gasteiger partial charge in [0.1, 0.15) is 11.4 Å². The Morgan fingerprint density at radius 3 is 2.59 bits per heavy atom. The Kier molecular flexibility index (Phi) is 8.22. The lowest BCUT2D eigenvalue weighted by Crippen LogP contribution is -2.38. The van der Waals surface area contributed by atoms with Crippen LogP contribution in [0.1, 0.15) is 73.5 Å². The van der Waals surface area contributed by atoms with Gasteiger partial charge in [0.25, 0.3) is 0 Å². The number of carbonyl (C=O) groups excluding carboxylic acids is 3. The van der Waals surface area contributed by atoms with Crippen molar-refractivity contribution >= 4 is 35.1 Å². The summed E-state index contributed by atoms with van der Waals surface area (Å²) in [5.41, 5.74) is 3.85.